The standard InChI is InChI=1S/C30H35FN4O4/c1-20(27(36)18-21-7-5-8-22(31)17-21)35(2)30-24-9-6-10-25(24)33-29(34-30)26-19-23(12-13-32-26)37-15-16-39-28-11-3-4-14-38-28/h5,7-8,12-13,17,19-20,28H,3-4,6,9-11,14-16,18H2,1-2H3/t20-,28?/m1/s1. The van der Waals surface area contributed by atoms with E-state index >= 15 is 0 Å². The second-order valence-electron chi connectivity index (χ2n) is 10.1. The van der Waals surface area contributed by atoms with Gasteiger partial charge in [0, 0.05) is 43.6 Å². The van der Waals surface area contributed by atoms with E-state index in [9.17, 15) is 9.18 Å². The fourth-order valence-electron chi connectivity index (χ4n) is 5.02. The van der Waals surface area contributed by atoms with Gasteiger partial charge in [0.25, 0.3) is 0 Å². The highest BCUT2D eigenvalue weighted by atomic mass is 19.1. The van der Waals surface area contributed by atoms with Crippen molar-refractivity contribution >= 4 is 11.6 Å². The number of aryl methyl sites for hydroxylation is 1. The Bertz CT molecular complexity index is 1300. The van der Waals surface area contributed by atoms with E-state index < -0.39 is 6.04 Å². The highest BCUT2D eigenvalue weighted by molar-refractivity contribution is 5.88. The third-order valence-electron chi connectivity index (χ3n) is 7.31. The van der Waals surface area contributed by atoms with Crippen LogP contribution in [0.5, 0.6) is 5.75 Å². The fourth-order valence-corrected chi connectivity index (χ4v) is 5.02. The van der Waals surface area contributed by atoms with Crippen LogP contribution in [0.15, 0.2) is 42.6 Å². The van der Waals surface area contributed by atoms with Crippen LogP contribution < -0.4 is 9.64 Å². The predicted octanol–water partition coefficient (Wildman–Crippen LogP) is 4.72. The van der Waals surface area contributed by atoms with Crippen LogP contribution in [0.3, 0.4) is 0 Å². The first-order chi connectivity index (χ1) is 19.0. The number of pyridine rings is 1. The molecule has 3 aromatic rings. The topological polar surface area (TPSA) is 86.7 Å². The second-order valence-corrected chi connectivity index (χ2v) is 10.1. The number of carbonyl (C=O) groups is 1. The van der Waals surface area contributed by atoms with E-state index in [1.807, 2.05) is 24.9 Å². The molecule has 1 fully saturated rings. The zero-order valence-electron chi connectivity index (χ0n) is 22.6. The molecule has 1 aromatic carbocycles. The molecule has 5 rings (SSSR count). The molecule has 0 spiro atoms. The van der Waals surface area contributed by atoms with E-state index in [0.29, 0.717) is 36.0 Å². The first kappa shape index (κ1) is 27.1. The number of Topliss-reactive ketones (excluding diaryl/α,β-unsaturated/α-hetero) is 1. The Labute approximate surface area is 228 Å². The molecule has 9 heteroatoms. The Morgan fingerprint density at radius 1 is 1.15 bits per heavy atom. The van der Waals surface area contributed by atoms with Crippen molar-refractivity contribution < 1.29 is 23.4 Å². The molecule has 0 saturated carbocycles. The number of fused-ring (bicyclic) bond motifs is 1. The Morgan fingerprint density at radius 2 is 2.05 bits per heavy atom. The van der Waals surface area contributed by atoms with Crippen LogP contribution in [0.2, 0.25) is 0 Å². The summed E-state index contributed by atoms with van der Waals surface area (Å²) in [5.41, 5.74) is 3.32. The summed E-state index contributed by atoms with van der Waals surface area (Å²) in [7, 11) is 1.88. The van der Waals surface area contributed by atoms with Gasteiger partial charge in [-0.05, 0) is 69.2 Å². The summed E-state index contributed by atoms with van der Waals surface area (Å²) in [5.74, 6) is 1.54. The summed E-state index contributed by atoms with van der Waals surface area (Å²) in [6.45, 7) is 3.44. The average molecular weight is 535 g/mol. The molecular formula is C30H35FN4O4. The molecule has 206 valence electrons. The lowest BCUT2D eigenvalue weighted by atomic mass is 10.0. The van der Waals surface area contributed by atoms with Crippen LogP contribution in [-0.4, -0.2) is 59.9 Å². The molecule has 1 aliphatic heterocycles. The number of likely N-dealkylation sites (N-methyl/N-ethyl adjacent to an activating group) is 1. The number of halogens is 1. The van der Waals surface area contributed by atoms with Crippen molar-refractivity contribution in [3.8, 4) is 17.3 Å². The van der Waals surface area contributed by atoms with Crippen LogP contribution >= 0.6 is 0 Å². The molecule has 39 heavy (non-hydrogen) atoms. The fraction of sp³-hybridized carbons (Fsp3) is 0.467. The number of aromatic nitrogens is 3. The van der Waals surface area contributed by atoms with Gasteiger partial charge in [0.1, 0.15) is 29.7 Å². The van der Waals surface area contributed by atoms with Crippen LogP contribution in [0.1, 0.15) is 49.4 Å². The van der Waals surface area contributed by atoms with Gasteiger partial charge in [0.05, 0.1) is 12.6 Å². The maximum Gasteiger partial charge on any atom is 0.180 e. The van der Waals surface area contributed by atoms with E-state index in [2.05, 4.69) is 4.98 Å². The Morgan fingerprint density at radius 3 is 2.87 bits per heavy atom. The summed E-state index contributed by atoms with van der Waals surface area (Å²) in [5, 5.41) is 0. The number of ketones is 1. The van der Waals surface area contributed by atoms with E-state index in [-0.39, 0.29) is 24.3 Å². The first-order valence-electron chi connectivity index (χ1n) is 13.7. The van der Waals surface area contributed by atoms with Crippen molar-refractivity contribution in [2.75, 3.05) is 31.8 Å². The number of carbonyl (C=O) groups excluding carboxylic acids is 1. The average Bonchev–Trinajstić information content (AvgIpc) is 3.44. The van der Waals surface area contributed by atoms with Crippen molar-refractivity contribution in [1.29, 1.82) is 0 Å². The van der Waals surface area contributed by atoms with Crippen LogP contribution in [-0.2, 0) is 33.5 Å². The SMILES string of the molecule is C[C@H](C(=O)Cc1cccc(F)c1)N(C)c1nc(-c2cc(OCCOC3CCCCO3)ccn2)nc2c1CCC2. The van der Waals surface area contributed by atoms with Crippen molar-refractivity contribution in [3.05, 3.63) is 65.2 Å². The number of anilines is 1. The van der Waals surface area contributed by atoms with Crippen molar-refractivity contribution in [2.24, 2.45) is 0 Å². The monoisotopic (exact) mass is 534 g/mol. The Hall–Kier alpha value is -3.43. The van der Waals surface area contributed by atoms with Gasteiger partial charge >= 0.3 is 0 Å². The summed E-state index contributed by atoms with van der Waals surface area (Å²) in [4.78, 5) is 29.2. The maximum absolute atomic E-state index is 13.6. The first-order valence-corrected chi connectivity index (χ1v) is 13.7. The normalized spacial score (nSPS) is 17.5. The summed E-state index contributed by atoms with van der Waals surface area (Å²) in [6, 6.07) is 9.36. The molecule has 8 nitrogen and oxygen atoms in total. The number of rotatable bonds is 11. The van der Waals surface area contributed by atoms with Gasteiger partial charge in [-0.25, -0.2) is 14.4 Å². The van der Waals surface area contributed by atoms with Crippen LogP contribution in [0.25, 0.3) is 11.5 Å². The lowest BCUT2D eigenvalue weighted by molar-refractivity contribution is -0.165. The van der Waals surface area contributed by atoms with Crippen LogP contribution in [0.4, 0.5) is 10.2 Å². The van der Waals surface area contributed by atoms with Gasteiger partial charge in [-0.2, -0.15) is 0 Å². The maximum atomic E-state index is 13.6. The number of nitrogens with zero attached hydrogens (tertiary/aromatic N) is 4. The highest BCUT2D eigenvalue weighted by Crippen LogP contribution is 2.32. The van der Waals surface area contributed by atoms with Gasteiger partial charge in [0.2, 0.25) is 0 Å². The molecular weight excluding hydrogens is 499 g/mol. The molecule has 2 atom stereocenters. The molecule has 1 saturated heterocycles. The minimum atomic E-state index is -0.448. The third kappa shape index (κ3) is 6.78. The lowest BCUT2D eigenvalue weighted by Gasteiger charge is -2.27. The van der Waals surface area contributed by atoms with Gasteiger partial charge in [-0.1, -0.05) is 12.1 Å². The third-order valence-corrected chi connectivity index (χ3v) is 7.31. The van der Waals surface area contributed by atoms with Crippen molar-refractivity contribution in [1.82, 2.24) is 15.0 Å². The van der Waals surface area contributed by atoms with E-state index in [0.717, 1.165) is 62.2 Å². The summed E-state index contributed by atoms with van der Waals surface area (Å²) >= 11 is 0. The molecule has 3 heterocycles. The van der Waals surface area contributed by atoms with Crippen molar-refractivity contribution in [2.45, 2.75) is 64.2 Å². The Kier molecular flexibility index (Phi) is 8.78. The number of benzene rings is 1. The minimum Gasteiger partial charge on any atom is -0.491 e. The van der Waals surface area contributed by atoms with E-state index in [4.69, 9.17) is 24.2 Å². The highest BCUT2D eigenvalue weighted by Gasteiger charge is 2.27. The van der Waals surface area contributed by atoms with E-state index in [1.54, 1.807) is 24.4 Å². The molecule has 2 aliphatic rings. The molecule has 0 amide bonds. The molecule has 1 unspecified atom stereocenters. The molecule has 0 bridgehead atoms. The van der Waals surface area contributed by atoms with Gasteiger partial charge < -0.3 is 19.1 Å². The Balaban J connectivity index is 1.29. The van der Waals surface area contributed by atoms with Crippen LogP contribution in [0, 0.1) is 5.82 Å². The van der Waals surface area contributed by atoms with Crippen molar-refractivity contribution in [3.63, 3.8) is 0 Å². The predicted molar refractivity (Wildman–Crippen MR) is 145 cm³/mol. The lowest BCUT2D eigenvalue weighted by Crippen LogP contribution is -2.38. The zero-order chi connectivity index (χ0) is 27.2. The molecule has 0 radical (unpaired) electrons. The quantitative estimate of drug-likeness (QED) is 0.327. The number of ether oxygens (including phenoxy) is 3. The second kappa shape index (κ2) is 12.6. The summed E-state index contributed by atoms with van der Waals surface area (Å²) < 4.78 is 30.9. The largest absolute Gasteiger partial charge is 0.491 e. The smallest absolute Gasteiger partial charge is 0.180 e. The van der Waals surface area contributed by atoms with Gasteiger partial charge in [0.15, 0.2) is 17.9 Å². The molecule has 2 aromatic heterocycles. The summed E-state index contributed by atoms with van der Waals surface area (Å²) in [6.07, 6.45) is 7.52. The molecule has 0 N–H and O–H groups in total. The number of hydrogen-bond acceptors (Lipinski definition) is 8. The zero-order valence-corrected chi connectivity index (χ0v) is 22.6. The molecule has 1 aliphatic carbocycles. The number of hydrogen-bond donors (Lipinski definition) is 0. The van der Waals surface area contributed by atoms with Gasteiger partial charge in [-0.3, -0.25) is 9.78 Å². The minimum absolute atomic E-state index is 0.00984. The van der Waals surface area contributed by atoms with E-state index in [1.165, 1.54) is 12.1 Å². The van der Waals surface area contributed by atoms with Gasteiger partial charge in [-0.15, -0.1) is 0 Å².